The number of carbonyl (C=O) groups excluding carboxylic acids is 1. The van der Waals surface area contributed by atoms with E-state index in [2.05, 4.69) is 61.8 Å². The SMILES string of the molecule is COc1cccc(CN(Cc2ccc3cn[nH]c3c2)c2ccnc(CN3CCNCC3=O)c2)c1. The topological polar surface area (TPSA) is 86.4 Å². The minimum Gasteiger partial charge on any atom is -0.497 e. The van der Waals surface area contributed by atoms with Crippen LogP contribution >= 0.6 is 0 Å². The number of H-pyrrole nitrogens is 1. The zero-order valence-electron chi connectivity index (χ0n) is 19.2. The van der Waals surface area contributed by atoms with Gasteiger partial charge in [0.05, 0.1) is 37.6 Å². The van der Waals surface area contributed by atoms with Gasteiger partial charge in [0.1, 0.15) is 5.75 Å². The number of methoxy groups -OCH3 is 1. The molecule has 0 saturated carbocycles. The number of pyridine rings is 1. The molecule has 2 N–H and O–H groups in total. The van der Waals surface area contributed by atoms with Crippen LogP contribution in [0.4, 0.5) is 5.69 Å². The molecule has 5 rings (SSSR count). The number of benzene rings is 2. The highest BCUT2D eigenvalue weighted by Crippen LogP contribution is 2.24. The summed E-state index contributed by atoms with van der Waals surface area (Å²) in [5, 5.41) is 11.4. The summed E-state index contributed by atoms with van der Waals surface area (Å²) in [6.07, 6.45) is 3.66. The number of anilines is 1. The number of hydrogen-bond donors (Lipinski definition) is 2. The van der Waals surface area contributed by atoms with E-state index in [1.807, 2.05) is 35.5 Å². The summed E-state index contributed by atoms with van der Waals surface area (Å²) in [5.41, 5.74) is 5.28. The molecule has 1 amide bonds. The second kappa shape index (κ2) is 9.93. The molecule has 34 heavy (non-hydrogen) atoms. The van der Waals surface area contributed by atoms with Gasteiger partial charge in [0.15, 0.2) is 0 Å². The Morgan fingerprint density at radius 3 is 2.82 bits per heavy atom. The van der Waals surface area contributed by atoms with Crippen LogP contribution in [-0.2, 0) is 24.4 Å². The number of nitrogens with zero attached hydrogens (tertiary/aromatic N) is 4. The second-order valence-electron chi connectivity index (χ2n) is 8.50. The molecule has 3 heterocycles. The quantitative estimate of drug-likeness (QED) is 0.424. The first-order valence-electron chi connectivity index (χ1n) is 11.4. The van der Waals surface area contributed by atoms with Crippen LogP contribution in [-0.4, -0.2) is 52.7 Å². The van der Waals surface area contributed by atoms with E-state index >= 15 is 0 Å². The Balaban J connectivity index is 1.43. The highest BCUT2D eigenvalue weighted by atomic mass is 16.5. The molecule has 4 aromatic rings. The lowest BCUT2D eigenvalue weighted by Gasteiger charge is -2.28. The van der Waals surface area contributed by atoms with Crippen LogP contribution in [0, 0.1) is 0 Å². The monoisotopic (exact) mass is 456 g/mol. The number of carbonyl (C=O) groups is 1. The first-order valence-corrected chi connectivity index (χ1v) is 11.4. The van der Waals surface area contributed by atoms with E-state index in [9.17, 15) is 4.79 Å². The summed E-state index contributed by atoms with van der Waals surface area (Å²) < 4.78 is 5.43. The van der Waals surface area contributed by atoms with Crippen molar-refractivity contribution in [1.82, 2.24) is 25.4 Å². The molecule has 0 unspecified atom stereocenters. The van der Waals surface area contributed by atoms with Crippen LogP contribution in [0.15, 0.2) is 67.0 Å². The number of aromatic nitrogens is 3. The van der Waals surface area contributed by atoms with Gasteiger partial charge >= 0.3 is 0 Å². The highest BCUT2D eigenvalue weighted by molar-refractivity contribution is 5.79. The number of hydrogen-bond acceptors (Lipinski definition) is 6. The van der Waals surface area contributed by atoms with Crippen LogP contribution in [0.3, 0.4) is 0 Å². The summed E-state index contributed by atoms with van der Waals surface area (Å²) >= 11 is 0. The molecule has 1 saturated heterocycles. The number of aromatic amines is 1. The highest BCUT2D eigenvalue weighted by Gasteiger charge is 2.19. The summed E-state index contributed by atoms with van der Waals surface area (Å²) in [6, 6.07) is 18.6. The maximum atomic E-state index is 12.3. The number of piperazine rings is 1. The molecule has 1 fully saturated rings. The molecule has 1 aliphatic rings. The van der Waals surface area contributed by atoms with E-state index in [-0.39, 0.29) is 5.91 Å². The Labute approximate surface area is 198 Å². The number of amides is 1. The zero-order valence-corrected chi connectivity index (χ0v) is 19.2. The summed E-state index contributed by atoms with van der Waals surface area (Å²) in [4.78, 5) is 21.0. The molecule has 2 aromatic heterocycles. The van der Waals surface area contributed by atoms with Crippen LogP contribution in [0.2, 0.25) is 0 Å². The maximum absolute atomic E-state index is 12.3. The minimum atomic E-state index is 0.111. The average molecular weight is 457 g/mol. The number of fused-ring (bicyclic) bond motifs is 1. The Morgan fingerprint density at radius 1 is 1.09 bits per heavy atom. The predicted molar refractivity (Wildman–Crippen MR) is 131 cm³/mol. The lowest BCUT2D eigenvalue weighted by molar-refractivity contribution is -0.132. The van der Waals surface area contributed by atoms with E-state index in [0.29, 0.717) is 32.7 Å². The van der Waals surface area contributed by atoms with Crippen molar-refractivity contribution in [2.45, 2.75) is 19.6 Å². The van der Waals surface area contributed by atoms with Gasteiger partial charge in [-0.15, -0.1) is 0 Å². The van der Waals surface area contributed by atoms with Crippen molar-refractivity contribution in [2.75, 3.05) is 31.6 Å². The van der Waals surface area contributed by atoms with Gasteiger partial charge < -0.3 is 19.9 Å². The van der Waals surface area contributed by atoms with Crippen molar-refractivity contribution < 1.29 is 9.53 Å². The number of rotatable bonds is 8. The molecule has 174 valence electrons. The van der Waals surface area contributed by atoms with Gasteiger partial charge in [-0.25, -0.2) is 0 Å². The Bertz CT molecular complexity index is 1290. The molecule has 1 aliphatic heterocycles. The summed E-state index contributed by atoms with van der Waals surface area (Å²) in [5.74, 6) is 0.948. The van der Waals surface area contributed by atoms with Crippen molar-refractivity contribution >= 4 is 22.5 Å². The van der Waals surface area contributed by atoms with E-state index in [1.165, 1.54) is 5.56 Å². The largest absolute Gasteiger partial charge is 0.497 e. The van der Waals surface area contributed by atoms with Gasteiger partial charge in [-0.2, -0.15) is 5.10 Å². The van der Waals surface area contributed by atoms with Crippen LogP contribution in [0.5, 0.6) is 5.75 Å². The third-order valence-corrected chi connectivity index (χ3v) is 6.09. The normalized spacial score (nSPS) is 13.9. The van der Waals surface area contributed by atoms with Gasteiger partial charge in [-0.3, -0.25) is 14.9 Å². The van der Waals surface area contributed by atoms with E-state index in [4.69, 9.17) is 4.74 Å². The molecule has 0 aliphatic carbocycles. The van der Waals surface area contributed by atoms with Crippen molar-refractivity contribution in [3.05, 3.63) is 83.8 Å². The van der Waals surface area contributed by atoms with Crippen LogP contribution in [0.25, 0.3) is 10.9 Å². The Hall–Kier alpha value is -3.91. The minimum absolute atomic E-state index is 0.111. The molecule has 0 atom stereocenters. The Morgan fingerprint density at radius 2 is 1.97 bits per heavy atom. The molecule has 8 nitrogen and oxygen atoms in total. The van der Waals surface area contributed by atoms with E-state index in [0.717, 1.165) is 40.1 Å². The molecule has 2 aromatic carbocycles. The number of ether oxygens (including phenoxy) is 1. The lowest BCUT2D eigenvalue weighted by Crippen LogP contribution is -2.47. The molecular weight excluding hydrogens is 428 g/mol. The molecular formula is C26H28N6O2. The third kappa shape index (κ3) is 5.02. The Kier molecular flexibility index (Phi) is 6.40. The lowest BCUT2D eigenvalue weighted by atomic mass is 10.1. The van der Waals surface area contributed by atoms with E-state index < -0.39 is 0 Å². The van der Waals surface area contributed by atoms with Gasteiger partial charge in [0.25, 0.3) is 0 Å². The fraction of sp³-hybridized carbons (Fsp3) is 0.269. The summed E-state index contributed by atoms with van der Waals surface area (Å²) in [7, 11) is 1.68. The van der Waals surface area contributed by atoms with Crippen LogP contribution in [0.1, 0.15) is 16.8 Å². The molecule has 0 bridgehead atoms. The maximum Gasteiger partial charge on any atom is 0.236 e. The van der Waals surface area contributed by atoms with Crippen molar-refractivity contribution in [1.29, 1.82) is 0 Å². The van der Waals surface area contributed by atoms with E-state index in [1.54, 1.807) is 7.11 Å². The average Bonchev–Trinajstić information content (AvgIpc) is 3.33. The van der Waals surface area contributed by atoms with Gasteiger partial charge in [0, 0.05) is 43.4 Å². The standard InChI is InChI=1S/C26H28N6O2/c1-34-24-4-2-3-19(11-24)16-32(17-20-5-6-21-14-29-30-25(21)12-20)23-7-8-28-22(13-23)18-31-10-9-27-15-26(31)33/h2-8,11-14,27H,9-10,15-18H2,1H3,(H,29,30). The summed E-state index contributed by atoms with van der Waals surface area (Å²) in [6.45, 7) is 3.82. The van der Waals surface area contributed by atoms with Gasteiger partial charge in [-0.05, 0) is 41.5 Å². The molecule has 0 radical (unpaired) electrons. The smallest absolute Gasteiger partial charge is 0.236 e. The number of nitrogens with one attached hydrogen (secondary N) is 2. The van der Waals surface area contributed by atoms with Crippen molar-refractivity contribution in [2.24, 2.45) is 0 Å². The first-order chi connectivity index (χ1) is 16.7. The van der Waals surface area contributed by atoms with Crippen molar-refractivity contribution in [3.8, 4) is 5.75 Å². The predicted octanol–water partition coefficient (Wildman–Crippen LogP) is 3.11. The second-order valence-corrected chi connectivity index (χ2v) is 8.50. The molecule has 8 heteroatoms. The van der Waals surface area contributed by atoms with Crippen LogP contribution < -0.4 is 15.0 Å². The third-order valence-electron chi connectivity index (χ3n) is 6.09. The van der Waals surface area contributed by atoms with Gasteiger partial charge in [0.2, 0.25) is 5.91 Å². The van der Waals surface area contributed by atoms with Crippen molar-refractivity contribution in [3.63, 3.8) is 0 Å². The zero-order chi connectivity index (χ0) is 23.3. The van der Waals surface area contributed by atoms with Gasteiger partial charge in [-0.1, -0.05) is 24.3 Å². The fourth-order valence-corrected chi connectivity index (χ4v) is 4.29. The fourth-order valence-electron chi connectivity index (χ4n) is 4.29. The molecule has 0 spiro atoms. The first kappa shape index (κ1) is 21.9.